The van der Waals surface area contributed by atoms with Crippen LogP contribution in [0, 0.1) is 0 Å². The number of aliphatic hydroxyl groups is 1. The maximum atomic E-state index is 12.6. The van der Waals surface area contributed by atoms with E-state index in [1.807, 2.05) is 30.3 Å². The van der Waals surface area contributed by atoms with Gasteiger partial charge in [0, 0.05) is 5.02 Å². The van der Waals surface area contributed by atoms with Gasteiger partial charge in [0.1, 0.15) is 5.02 Å². The molecule has 0 amide bonds. The van der Waals surface area contributed by atoms with Gasteiger partial charge in [-0.25, -0.2) is 0 Å². The van der Waals surface area contributed by atoms with Crippen molar-refractivity contribution in [3.63, 3.8) is 0 Å². The van der Waals surface area contributed by atoms with Gasteiger partial charge in [0.25, 0.3) is 5.56 Å². The van der Waals surface area contributed by atoms with Gasteiger partial charge in [-0.15, -0.1) is 0 Å². The SMILES string of the molecule is O=c1c(Cl)c(NC(CO)c2ccccc2)cnn1-c1ccc(Cl)cc1Cl. The van der Waals surface area contributed by atoms with Gasteiger partial charge in [-0.05, 0) is 23.8 Å². The Morgan fingerprint density at radius 2 is 1.85 bits per heavy atom. The van der Waals surface area contributed by atoms with Crippen LogP contribution >= 0.6 is 34.8 Å². The van der Waals surface area contributed by atoms with Gasteiger partial charge in [0.15, 0.2) is 0 Å². The normalized spacial score (nSPS) is 12.0. The third-order valence-corrected chi connectivity index (χ3v) is 4.67. The standard InChI is InChI=1S/C18H14Cl3N3O2/c19-12-6-7-16(13(20)8-12)24-18(26)17(21)14(9-22-24)23-15(10-25)11-4-2-1-3-5-11/h1-9,15,23,25H,10H2. The predicted octanol–water partition coefficient (Wildman–Crippen LogP) is 4.34. The number of rotatable bonds is 5. The van der Waals surface area contributed by atoms with Crippen molar-refractivity contribution in [2.24, 2.45) is 0 Å². The van der Waals surface area contributed by atoms with Crippen molar-refractivity contribution in [3.05, 3.63) is 85.7 Å². The Bertz CT molecular complexity index is 977. The number of nitrogens with one attached hydrogen (secondary N) is 1. The number of hydrogen-bond donors (Lipinski definition) is 2. The summed E-state index contributed by atoms with van der Waals surface area (Å²) in [6.45, 7) is -0.174. The zero-order valence-electron chi connectivity index (χ0n) is 13.4. The lowest BCUT2D eigenvalue weighted by Gasteiger charge is -2.19. The van der Waals surface area contributed by atoms with Gasteiger partial charge in [-0.2, -0.15) is 9.78 Å². The smallest absolute Gasteiger partial charge is 0.292 e. The number of aliphatic hydroxyl groups excluding tert-OH is 1. The lowest BCUT2D eigenvalue weighted by Crippen LogP contribution is -2.24. The first-order chi connectivity index (χ1) is 12.5. The molecule has 26 heavy (non-hydrogen) atoms. The monoisotopic (exact) mass is 409 g/mol. The van der Waals surface area contributed by atoms with Crippen molar-refractivity contribution in [1.29, 1.82) is 0 Å². The second-order valence-corrected chi connectivity index (χ2v) is 6.70. The number of nitrogens with zero attached hydrogens (tertiary/aromatic N) is 2. The fourth-order valence-corrected chi connectivity index (χ4v) is 3.14. The summed E-state index contributed by atoms with van der Waals surface area (Å²) in [5, 5.41) is 17.5. The summed E-state index contributed by atoms with van der Waals surface area (Å²) in [5.41, 5.74) is 1.01. The fourth-order valence-electron chi connectivity index (χ4n) is 2.47. The molecule has 0 saturated carbocycles. The Balaban J connectivity index is 1.96. The molecular weight excluding hydrogens is 397 g/mol. The molecule has 2 N–H and O–H groups in total. The number of halogens is 3. The van der Waals surface area contributed by atoms with E-state index < -0.39 is 11.6 Å². The van der Waals surface area contributed by atoms with Gasteiger partial charge in [-0.1, -0.05) is 65.1 Å². The van der Waals surface area contributed by atoms with Gasteiger partial charge < -0.3 is 10.4 Å². The van der Waals surface area contributed by atoms with E-state index in [4.69, 9.17) is 34.8 Å². The highest BCUT2D eigenvalue weighted by Crippen LogP contribution is 2.26. The quantitative estimate of drug-likeness (QED) is 0.657. The summed E-state index contributed by atoms with van der Waals surface area (Å²) >= 11 is 18.3. The molecule has 1 aromatic heterocycles. The van der Waals surface area contributed by atoms with E-state index in [9.17, 15) is 9.90 Å². The first-order valence-electron chi connectivity index (χ1n) is 7.67. The molecule has 1 heterocycles. The first kappa shape index (κ1) is 18.7. The van der Waals surface area contributed by atoms with Crippen molar-refractivity contribution in [1.82, 2.24) is 9.78 Å². The molecule has 0 aliphatic heterocycles. The van der Waals surface area contributed by atoms with Crippen molar-refractivity contribution in [2.75, 3.05) is 11.9 Å². The highest BCUT2D eigenvalue weighted by molar-refractivity contribution is 6.36. The van der Waals surface area contributed by atoms with Crippen LogP contribution in [0.1, 0.15) is 11.6 Å². The summed E-state index contributed by atoms with van der Waals surface area (Å²) in [6.07, 6.45) is 1.42. The van der Waals surface area contributed by atoms with Crippen molar-refractivity contribution in [3.8, 4) is 5.69 Å². The molecule has 0 aliphatic rings. The maximum absolute atomic E-state index is 12.6. The van der Waals surface area contributed by atoms with Crippen LogP contribution in [0.15, 0.2) is 59.5 Å². The molecule has 1 unspecified atom stereocenters. The predicted molar refractivity (Wildman–Crippen MR) is 105 cm³/mol. The molecule has 3 aromatic rings. The molecule has 1 atom stereocenters. The lowest BCUT2D eigenvalue weighted by molar-refractivity contribution is 0.276. The Kier molecular flexibility index (Phi) is 5.84. The van der Waals surface area contributed by atoms with Crippen LogP contribution in [0.5, 0.6) is 0 Å². The van der Waals surface area contributed by atoms with E-state index in [1.54, 1.807) is 12.1 Å². The van der Waals surface area contributed by atoms with E-state index in [0.29, 0.717) is 16.4 Å². The van der Waals surface area contributed by atoms with Crippen LogP contribution in [-0.4, -0.2) is 21.5 Å². The van der Waals surface area contributed by atoms with Crippen molar-refractivity contribution in [2.45, 2.75) is 6.04 Å². The Morgan fingerprint density at radius 3 is 2.50 bits per heavy atom. The Hall–Kier alpha value is -2.05. The summed E-state index contributed by atoms with van der Waals surface area (Å²) < 4.78 is 1.10. The van der Waals surface area contributed by atoms with Crippen LogP contribution < -0.4 is 10.9 Å². The molecule has 0 radical (unpaired) electrons. The van der Waals surface area contributed by atoms with Crippen LogP contribution in [0.4, 0.5) is 5.69 Å². The Labute approximate surface area is 164 Å². The highest BCUT2D eigenvalue weighted by atomic mass is 35.5. The molecule has 3 rings (SSSR count). The second-order valence-electron chi connectivity index (χ2n) is 5.48. The molecule has 0 saturated heterocycles. The van der Waals surface area contributed by atoms with Crippen LogP contribution in [0.25, 0.3) is 5.69 Å². The number of benzene rings is 2. The number of anilines is 1. The molecule has 0 fully saturated rings. The van der Waals surface area contributed by atoms with Gasteiger partial charge >= 0.3 is 0 Å². The molecule has 5 nitrogen and oxygen atoms in total. The third-order valence-electron chi connectivity index (χ3n) is 3.77. The van der Waals surface area contributed by atoms with E-state index in [1.165, 1.54) is 12.3 Å². The van der Waals surface area contributed by atoms with Crippen molar-refractivity contribution < 1.29 is 5.11 Å². The summed E-state index contributed by atoms with van der Waals surface area (Å²) in [6, 6.07) is 13.6. The third kappa shape index (κ3) is 3.86. The minimum absolute atomic E-state index is 0.0552. The van der Waals surface area contributed by atoms with Crippen LogP contribution in [0.3, 0.4) is 0 Å². The zero-order chi connectivity index (χ0) is 18.7. The fraction of sp³-hybridized carbons (Fsp3) is 0.111. The molecule has 0 bridgehead atoms. The average Bonchev–Trinajstić information content (AvgIpc) is 2.64. The molecular formula is C18H14Cl3N3O2. The van der Waals surface area contributed by atoms with Gasteiger partial charge in [0.05, 0.1) is 35.2 Å². The van der Waals surface area contributed by atoms with E-state index in [-0.39, 0.29) is 16.7 Å². The van der Waals surface area contributed by atoms with Crippen molar-refractivity contribution >= 4 is 40.5 Å². The summed E-state index contributed by atoms with van der Waals surface area (Å²) in [5.74, 6) is 0. The molecule has 0 spiro atoms. The lowest BCUT2D eigenvalue weighted by atomic mass is 10.1. The minimum atomic E-state index is -0.536. The topological polar surface area (TPSA) is 67.2 Å². The highest BCUT2D eigenvalue weighted by Gasteiger charge is 2.16. The molecule has 134 valence electrons. The van der Waals surface area contributed by atoms with Crippen LogP contribution in [-0.2, 0) is 0 Å². The van der Waals surface area contributed by atoms with Crippen LogP contribution in [0.2, 0.25) is 15.1 Å². The summed E-state index contributed by atoms with van der Waals surface area (Å²) in [7, 11) is 0. The van der Waals surface area contributed by atoms with E-state index in [0.717, 1.165) is 10.2 Å². The first-order valence-corrected chi connectivity index (χ1v) is 8.80. The Morgan fingerprint density at radius 1 is 1.12 bits per heavy atom. The van der Waals surface area contributed by atoms with E-state index in [2.05, 4.69) is 10.4 Å². The molecule has 0 aliphatic carbocycles. The second kappa shape index (κ2) is 8.10. The maximum Gasteiger partial charge on any atom is 0.292 e. The zero-order valence-corrected chi connectivity index (χ0v) is 15.6. The van der Waals surface area contributed by atoms with Gasteiger partial charge in [-0.3, -0.25) is 4.79 Å². The summed E-state index contributed by atoms with van der Waals surface area (Å²) in [4.78, 5) is 12.6. The largest absolute Gasteiger partial charge is 0.394 e. The number of hydrogen-bond acceptors (Lipinski definition) is 4. The minimum Gasteiger partial charge on any atom is -0.394 e. The molecule has 8 heteroatoms. The average molecular weight is 411 g/mol. The van der Waals surface area contributed by atoms with E-state index >= 15 is 0 Å². The number of aromatic nitrogens is 2. The van der Waals surface area contributed by atoms with Gasteiger partial charge in [0.2, 0.25) is 0 Å². The molecule has 2 aromatic carbocycles.